The summed E-state index contributed by atoms with van der Waals surface area (Å²) in [5.74, 6) is -0.777. The van der Waals surface area contributed by atoms with Gasteiger partial charge in [-0.25, -0.2) is 0 Å². The normalized spacial score (nSPS) is 17.8. The predicted molar refractivity (Wildman–Crippen MR) is 76.8 cm³/mol. The second-order valence-electron chi connectivity index (χ2n) is 5.38. The Hall–Kier alpha value is -1.42. The van der Waals surface area contributed by atoms with Crippen molar-refractivity contribution in [2.75, 3.05) is 7.11 Å². The largest absolute Gasteiger partial charge is 0.503 e. The zero-order valence-corrected chi connectivity index (χ0v) is 12.5. The highest BCUT2D eigenvalue weighted by molar-refractivity contribution is 6.33. The van der Waals surface area contributed by atoms with E-state index in [2.05, 4.69) is 0 Å². The van der Waals surface area contributed by atoms with Crippen LogP contribution in [0.3, 0.4) is 0 Å². The van der Waals surface area contributed by atoms with E-state index in [9.17, 15) is 15.0 Å². The van der Waals surface area contributed by atoms with Crippen molar-refractivity contribution in [2.45, 2.75) is 44.4 Å². The van der Waals surface area contributed by atoms with Crippen molar-refractivity contribution in [3.8, 4) is 11.5 Å². The number of hydrogen-bond acceptors (Lipinski definition) is 3. The lowest BCUT2D eigenvalue weighted by Gasteiger charge is -2.35. The summed E-state index contributed by atoms with van der Waals surface area (Å²) in [6.45, 7) is 1.81. The molecule has 5 heteroatoms. The van der Waals surface area contributed by atoms with Crippen LogP contribution in [0.5, 0.6) is 11.5 Å². The van der Waals surface area contributed by atoms with Crippen LogP contribution in [0.4, 0.5) is 0 Å². The predicted octanol–water partition coefficient (Wildman–Crippen LogP) is 3.65. The summed E-state index contributed by atoms with van der Waals surface area (Å²) in [5, 5.41) is 19.9. The molecular formula is C15H19ClO4. The SMILES string of the molecule is COc1cc(C)c(C2(C(=O)O)CCCCC2)c(Cl)c1O. The number of hydrogen-bond donors (Lipinski definition) is 2. The van der Waals surface area contributed by atoms with Gasteiger partial charge in [0.15, 0.2) is 11.5 Å². The van der Waals surface area contributed by atoms with Gasteiger partial charge in [-0.2, -0.15) is 0 Å². The molecule has 0 atom stereocenters. The molecule has 0 radical (unpaired) electrons. The van der Waals surface area contributed by atoms with E-state index in [1.54, 1.807) is 6.07 Å². The molecule has 0 aliphatic heterocycles. The van der Waals surface area contributed by atoms with E-state index in [0.717, 1.165) is 24.8 Å². The van der Waals surface area contributed by atoms with Crippen molar-refractivity contribution < 1.29 is 19.7 Å². The van der Waals surface area contributed by atoms with Gasteiger partial charge in [0, 0.05) is 0 Å². The number of ether oxygens (including phenoxy) is 1. The summed E-state index contributed by atoms with van der Waals surface area (Å²) in [5.41, 5.74) is 0.280. The van der Waals surface area contributed by atoms with Crippen molar-refractivity contribution in [3.05, 3.63) is 22.2 Å². The minimum Gasteiger partial charge on any atom is -0.503 e. The van der Waals surface area contributed by atoms with Gasteiger partial charge < -0.3 is 14.9 Å². The Bertz CT molecular complexity index is 533. The Morgan fingerprint density at radius 3 is 2.45 bits per heavy atom. The zero-order chi connectivity index (χ0) is 14.9. The lowest BCUT2D eigenvalue weighted by atomic mass is 9.68. The fourth-order valence-corrected chi connectivity index (χ4v) is 3.63. The van der Waals surface area contributed by atoms with Gasteiger partial charge in [-0.1, -0.05) is 30.9 Å². The zero-order valence-electron chi connectivity index (χ0n) is 11.7. The first kappa shape index (κ1) is 15.0. The quantitative estimate of drug-likeness (QED) is 0.894. The Labute approximate surface area is 123 Å². The molecule has 0 aromatic heterocycles. The second-order valence-corrected chi connectivity index (χ2v) is 5.76. The molecule has 1 fully saturated rings. The van der Waals surface area contributed by atoms with Crippen LogP contribution < -0.4 is 4.74 Å². The number of methoxy groups -OCH3 is 1. The first-order valence-corrected chi connectivity index (χ1v) is 7.12. The van der Waals surface area contributed by atoms with Crippen LogP contribution in [0.1, 0.15) is 43.2 Å². The maximum absolute atomic E-state index is 11.9. The highest BCUT2D eigenvalue weighted by Gasteiger charge is 2.44. The first-order valence-electron chi connectivity index (χ1n) is 6.74. The molecule has 1 saturated carbocycles. The standard InChI is InChI=1S/C15H19ClO4/c1-9-8-10(20-2)13(17)12(16)11(9)15(14(18)19)6-4-3-5-7-15/h8,17H,3-7H2,1-2H3,(H,18,19). The molecule has 1 aromatic rings. The molecule has 0 saturated heterocycles. The topological polar surface area (TPSA) is 66.8 Å². The number of carbonyl (C=O) groups is 1. The highest BCUT2D eigenvalue weighted by Crippen LogP contribution is 2.49. The fourth-order valence-electron chi connectivity index (χ4n) is 3.21. The van der Waals surface area contributed by atoms with E-state index in [1.807, 2.05) is 6.92 Å². The third kappa shape index (κ3) is 2.22. The molecule has 0 bridgehead atoms. The van der Waals surface area contributed by atoms with Crippen LogP contribution in [0, 0.1) is 6.92 Å². The van der Waals surface area contributed by atoms with E-state index in [1.165, 1.54) is 7.11 Å². The lowest BCUT2D eigenvalue weighted by molar-refractivity contribution is -0.145. The van der Waals surface area contributed by atoms with Gasteiger partial charge >= 0.3 is 5.97 Å². The van der Waals surface area contributed by atoms with Crippen LogP contribution in [-0.4, -0.2) is 23.3 Å². The summed E-state index contributed by atoms with van der Waals surface area (Å²) in [6.07, 6.45) is 3.85. The third-order valence-corrected chi connectivity index (χ3v) is 4.59. The molecule has 2 rings (SSSR count). The Morgan fingerprint density at radius 1 is 1.35 bits per heavy atom. The Morgan fingerprint density at radius 2 is 1.95 bits per heavy atom. The van der Waals surface area contributed by atoms with E-state index in [0.29, 0.717) is 18.4 Å². The number of aromatic hydroxyl groups is 1. The van der Waals surface area contributed by atoms with Crippen molar-refractivity contribution in [2.24, 2.45) is 0 Å². The molecule has 20 heavy (non-hydrogen) atoms. The van der Waals surface area contributed by atoms with E-state index < -0.39 is 11.4 Å². The maximum Gasteiger partial charge on any atom is 0.314 e. The summed E-state index contributed by atoms with van der Waals surface area (Å²) in [6, 6.07) is 1.65. The maximum atomic E-state index is 11.9. The number of benzene rings is 1. The molecule has 0 amide bonds. The number of aliphatic carboxylic acids is 1. The van der Waals surface area contributed by atoms with Gasteiger partial charge in [0.05, 0.1) is 17.5 Å². The van der Waals surface area contributed by atoms with Gasteiger partial charge in [-0.05, 0) is 37.0 Å². The number of rotatable bonds is 3. The molecule has 0 unspecified atom stereocenters. The van der Waals surface area contributed by atoms with Gasteiger partial charge in [-0.3, -0.25) is 4.79 Å². The van der Waals surface area contributed by atoms with Crippen molar-refractivity contribution >= 4 is 17.6 Å². The first-order chi connectivity index (χ1) is 9.44. The number of phenols is 1. The van der Waals surface area contributed by atoms with Crippen LogP contribution in [0.15, 0.2) is 6.07 Å². The summed E-state index contributed by atoms with van der Waals surface area (Å²) >= 11 is 6.26. The third-order valence-electron chi connectivity index (χ3n) is 4.22. The van der Waals surface area contributed by atoms with Crippen LogP contribution >= 0.6 is 11.6 Å². The molecule has 2 N–H and O–H groups in total. The molecular weight excluding hydrogens is 280 g/mol. The van der Waals surface area contributed by atoms with E-state index in [-0.39, 0.29) is 16.5 Å². The van der Waals surface area contributed by atoms with E-state index >= 15 is 0 Å². The number of carboxylic acids is 1. The van der Waals surface area contributed by atoms with Gasteiger partial charge in [0.1, 0.15) is 0 Å². The average molecular weight is 299 g/mol. The van der Waals surface area contributed by atoms with Crippen molar-refractivity contribution in [3.63, 3.8) is 0 Å². The molecule has 1 aromatic carbocycles. The molecule has 1 aliphatic carbocycles. The lowest BCUT2D eigenvalue weighted by Crippen LogP contribution is -2.38. The summed E-state index contributed by atoms with van der Waals surface area (Å²) < 4.78 is 5.06. The number of carboxylic acid groups (broad SMARTS) is 1. The van der Waals surface area contributed by atoms with Gasteiger partial charge in [-0.15, -0.1) is 0 Å². The number of phenolic OH excluding ortho intramolecular Hbond substituents is 1. The smallest absolute Gasteiger partial charge is 0.314 e. The van der Waals surface area contributed by atoms with Gasteiger partial charge in [0.25, 0.3) is 0 Å². The molecule has 0 spiro atoms. The van der Waals surface area contributed by atoms with Crippen molar-refractivity contribution in [1.82, 2.24) is 0 Å². The molecule has 4 nitrogen and oxygen atoms in total. The monoisotopic (exact) mass is 298 g/mol. The molecule has 1 aliphatic rings. The average Bonchev–Trinajstić information content (AvgIpc) is 2.43. The van der Waals surface area contributed by atoms with Crippen molar-refractivity contribution in [1.29, 1.82) is 0 Å². The van der Waals surface area contributed by atoms with Crippen LogP contribution in [0.2, 0.25) is 5.02 Å². The van der Waals surface area contributed by atoms with Crippen LogP contribution in [0.25, 0.3) is 0 Å². The minimum atomic E-state index is -0.997. The fraction of sp³-hybridized carbons (Fsp3) is 0.533. The molecule has 110 valence electrons. The minimum absolute atomic E-state index is 0.103. The summed E-state index contributed by atoms with van der Waals surface area (Å²) in [4.78, 5) is 11.9. The van der Waals surface area contributed by atoms with Crippen LogP contribution in [-0.2, 0) is 10.2 Å². The number of aryl methyl sites for hydroxylation is 1. The highest BCUT2D eigenvalue weighted by atomic mass is 35.5. The van der Waals surface area contributed by atoms with Gasteiger partial charge in [0.2, 0.25) is 0 Å². The second kappa shape index (κ2) is 5.52. The Balaban J connectivity index is 2.66. The summed E-state index contributed by atoms with van der Waals surface area (Å²) in [7, 11) is 1.44. The number of halogens is 1. The molecule has 0 heterocycles. The van der Waals surface area contributed by atoms with E-state index in [4.69, 9.17) is 16.3 Å². The Kier molecular flexibility index (Phi) is 4.14.